The molecule has 2 aliphatic rings. The summed E-state index contributed by atoms with van der Waals surface area (Å²) >= 11 is 0. The first-order valence-electron chi connectivity index (χ1n) is 18.3. The number of anilines is 3. The summed E-state index contributed by atoms with van der Waals surface area (Å²) in [7, 11) is 0. The average Bonchev–Trinajstić information content (AvgIpc) is 3.73. The second-order valence-corrected chi connectivity index (χ2v) is 15.7. The van der Waals surface area contributed by atoms with Crippen molar-refractivity contribution in [1.82, 2.24) is 0 Å². The Morgan fingerprint density at radius 3 is 1.85 bits per heavy atom. The molecule has 8 aromatic carbocycles. The fourth-order valence-corrected chi connectivity index (χ4v) is 9.60. The van der Waals surface area contributed by atoms with E-state index in [1.54, 1.807) is 0 Å². The first kappa shape index (κ1) is 29.6. The second kappa shape index (κ2) is 10.2. The Morgan fingerprint density at radius 1 is 0.385 bits per heavy atom. The average molecular weight is 668 g/mol. The molecular weight excluding hydrogens is 631 g/mol. The normalized spacial score (nSPS) is 14.8. The van der Waals surface area contributed by atoms with Crippen LogP contribution in [0.25, 0.3) is 65.7 Å². The van der Waals surface area contributed by atoms with Gasteiger partial charge in [-0.15, -0.1) is 0 Å². The number of benzene rings is 8. The number of para-hydroxylation sites is 1. The molecule has 0 amide bonds. The quantitative estimate of drug-likeness (QED) is 0.174. The van der Waals surface area contributed by atoms with Crippen LogP contribution in [0.3, 0.4) is 0 Å². The molecule has 248 valence electrons. The third kappa shape index (κ3) is 3.90. The topological polar surface area (TPSA) is 16.4 Å². The Kier molecular flexibility index (Phi) is 5.83. The van der Waals surface area contributed by atoms with Gasteiger partial charge in [-0.3, -0.25) is 0 Å². The van der Waals surface area contributed by atoms with E-state index in [-0.39, 0.29) is 10.8 Å². The molecule has 0 saturated carbocycles. The van der Waals surface area contributed by atoms with Gasteiger partial charge in [0.25, 0.3) is 0 Å². The highest BCUT2D eigenvalue weighted by Gasteiger charge is 2.37. The van der Waals surface area contributed by atoms with Crippen LogP contribution in [0.1, 0.15) is 49.9 Å². The Hall–Kier alpha value is -6.12. The Balaban J connectivity index is 1.17. The van der Waals surface area contributed by atoms with Crippen LogP contribution in [-0.2, 0) is 10.8 Å². The predicted molar refractivity (Wildman–Crippen MR) is 219 cm³/mol. The van der Waals surface area contributed by atoms with Gasteiger partial charge in [-0.05, 0) is 109 Å². The summed E-state index contributed by atoms with van der Waals surface area (Å²) in [6, 6.07) is 56.3. The summed E-state index contributed by atoms with van der Waals surface area (Å²) in [6.45, 7) is 9.43. The molecule has 0 bridgehead atoms. The standard InChI is InChI=1S/C50H37NO/c1-49(2)43-17-9-6-13-35(43)40-27-31(22-25-44(40)49)51(32-21-24-36-34-12-5-8-16-42(34)50(3,4)45(36)28-32)46-18-11-15-33-37(46)23-20-30-26-41-38-14-7-10-19-47(38)52-48(41)29-39(30)33/h5-29H,1-4H3. The van der Waals surface area contributed by atoms with Crippen molar-refractivity contribution < 1.29 is 4.42 Å². The van der Waals surface area contributed by atoms with Gasteiger partial charge in [-0.1, -0.05) is 131 Å². The van der Waals surface area contributed by atoms with Crippen LogP contribution in [0.15, 0.2) is 156 Å². The molecule has 0 saturated heterocycles. The highest BCUT2D eigenvalue weighted by Crippen LogP contribution is 2.53. The van der Waals surface area contributed by atoms with E-state index in [9.17, 15) is 0 Å². The minimum absolute atomic E-state index is 0.0565. The number of hydrogen-bond acceptors (Lipinski definition) is 2. The SMILES string of the molecule is CC1(C)c2ccccc2-c2cc(N(c3ccc4c(c3)C(C)(C)c3ccccc3-4)c3cccc4c3ccc3cc5c(cc34)oc3ccccc35)ccc21. The lowest BCUT2D eigenvalue weighted by Gasteiger charge is -2.30. The summed E-state index contributed by atoms with van der Waals surface area (Å²) in [6.07, 6.45) is 0. The summed E-state index contributed by atoms with van der Waals surface area (Å²) in [4.78, 5) is 2.49. The number of fused-ring (bicyclic) bond motifs is 12. The maximum Gasteiger partial charge on any atom is 0.136 e. The molecule has 1 heterocycles. The van der Waals surface area contributed by atoms with Gasteiger partial charge in [0.2, 0.25) is 0 Å². The predicted octanol–water partition coefficient (Wildman–Crippen LogP) is 14.0. The molecule has 0 radical (unpaired) electrons. The minimum Gasteiger partial charge on any atom is -0.456 e. The molecule has 1 aromatic heterocycles. The third-order valence-corrected chi connectivity index (χ3v) is 12.2. The van der Waals surface area contributed by atoms with Crippen molar-refractivity contribution in [3.8, 4) is 22.3 Å². The fourth-order valence-electron chi connectivity index (χ4n) is 9.60. The van der Waals surface area contributed by atoms with Crippen molar-refractivity contribution in [3.63, 3.8) is 0 Å². The second-order valence-electron chi connectivity index (χ2n) is 15.7. The zero-order valence-corrected chi connectivity index (χ0v) is 29.8. The highest BCUT2D eigenvalue weighted by molar-refractivity contribution is 6.18. The van der Waals surface area contributed by atoms with Gasteiger partial charge in [-0.25, -0.2) is 0 Å². The first-order valence-corrected chi connectivity index (χ1v) is 18.3. The van der Waals surface area contributed by atoms with Crippen molar-refractivity contribution in [2.24, 2.45) is 0 Å². The van der Waals surface area contributed by atoms with Crippen LogP contribution < -0.4 is 4.90 Å². The van der Waals surface area contributed by atoms with Crippen LogP contribution in [0.4, 0.5) is 17.1 Å². The Bertz CT molecular complexity index is 2980. The summed E-state index contributed by atoms with van der Waals surface area (Å²) in [5.41, 5.74) is 16.0. The van der Waals surface area contributed by atoms with E-state index >= 15 is 0 Å². The Labute approximate surface area is 303 Å². The Morgan fingerprint density at radius 2 is 1.02 bits per heavy atom. The number of nitrogens with zero attached hydrogens (tertiary/aromatic N) is 1. The largest absolute Gasteiger partial charge is 0.456 e. The zero-order chi connectivity index (χ0) is 34.9. The molecule has 0 atom stereocenters. The minimum atomic E-state index is -0.110. The molecular formula is C50H37NO. The molecule has 2 aliphatic carbocycles. The summed E-state index contributed by atoms with van der Waals surface area (Å²) in [5.74, 6) is 0. The smallest absolute Gasteiger partial charge is 0.136 e. The van der Waals surface area contributed by atoms with Gasteiger partial charge in [-0.2, -0.15) is 0 Å². The molecule has 2 nitrogen and oxygen atoms in total. The molecule has 0 spiro atoms. The van der Waals surface area contributed by atoms with E-state index in [0.29, 0.717) is 0 Å². The molecule has 2 heteroatoms. The van der Waals surface area contributed by atoms with Crippen LogP contribution in [0.2, 0.25) is 0 Å². The van der Waals surface area contributed by atoms with Crippen LogP contribution >= 0.6 is 0 Å². The van der Waals surface area contributed by atoms with Crippen molar-refractivity contribution in [3.05, 3.63) is 174 Å². The van der Waals surface area contributed by atoms with Crippen molar-refractivity contribution in [2.45, 2.75) is 38.5 Å². The molecule has 0 fully saturated rings. The van der Waals surface area contributed by atoms with Crippen LogP contribution in [0.5, 0.6) is 0 Å². The molecule has 11 rings (SSSR count). The van der Waals surface area contributed by atoms with Gasteiger partial charge >= 0.3 is 0 Å². The lowest BCUT2D eigenvalue weighted by molar-refractivity contribution is 0.660. The highest BCUT2D eigenvalue weighted by atomic mass is 16.3. The van der Waals surface area contributed by atoms with Crippen molar-refractivity contribution >= 4 is 60.5 Å². The monoisotopic (exact) mass is 667 g/mol. The molecule has 0 aliphatic heterocycles. The van der Waals surface area contributed by atoms with E-state index in [1.807, 2.05) is 6.07 Å². The van der Waals surface area contributed by atoms with Crippen molar-refractivity contribution in [1.29, 1.82) is 0 Å². The van der Waals surface area contributed by atoms with Gasteiger partial charge in [0.1, 0.15) is 11.2 Å². The molecule has 0 unspecified atom stereocenters. The fraction of sp³-hybridized carbons (Fsp3) is 0.120. The van der Waals surface area contributed by atoms with E-state index in [4.69, 9.17) is 4.42 Å². The van der Waals surface area contributed by atoms with E-state index in [0.717, 1.165) is 39.0 Å². The van der Waals surface area contributed by atoms with Crippen molar-refractivity contribution in [2.75, 3.05) is 4.90 Å². The lowest BCUT2D eigenvalue weighted by atomic mass is 9.82. The zero-order valence-electron chi connectivity index (χ0n) is 29.8. The number of hydrogen-bond donors (Lipinski definition) is 0. The molecule has 9 aromatic rings. The van der Waals surface area contributed by atoms with Gasteiger partial charge in [0.05, 0.1) is 5.69 Å². The van der Waals surface area contributed by atoms with Gasteiger partial charge in [0, 0.05) is 38.4 Å². The van der Waals surface area contributed by atoms with Crippen LogP contribution in [0, 0.1) is 0 Å². The lowest BCUT2D eigenvalue weighted by Crippen LogP contribution is -2.17. The number of furan rings is 1. The van der Waals surface area contributed by atoms with Gasteiger partial charge < -0.3 is 9.32 Å². The van der Waals surface area contributed by atoms with E-state index in [1.165, 1.54) is 66.1 Å². The van der Waals surface area contributed by atoms with Gasteiger partial charge in [0.15, 0.2) is 0 Å². The van der Waals surface area contributed by atoms with E-state index in [2.05, 4.69) is 178 Å². The maximum atomic E-state index is 6.39. The third-order valence-electron chi connectivity index (χ3n) is 12.2. The summed E-state index contributed by atoms with van der Waals surface area (Å²) < 4.78 is 6.39. The first-order chi connectivity index (χ1) is 25.3. The maximum absolute atomic E-state index is 6.39. The number of rotatable bonds is 3. The summed E-state index contributed by atoms with van der Waals surface area (Å²) in [5, 5.41) is 7.13. The molecule has 0 N–H and O–H groups in total. The van der Waals surface area contributed by atoms with E-state index < -0.39 is 0 Å². The molecule has 52 heavy (non-hydrogen) atoms. The van der Waals surface area contributed by atoms with Crippen LogP contribution in [-0.4, -0.2) is 0 Å².